The molecule has 2 amide bonds. The minimum Gasteiger partial charge on any atom is -0.468 e. The summed E-state index contributed by atoms with van der Waals surface area (Å²) < 4.78 is 4.56. The van der Waals surface area contributed by atoms with E-state index in [0.717, 1.165) is 7.11 Å². The van der Waals surface area contributed by atoms with Gasteiger partial charge in [0.25, 0.3) is 5.91 Å². The molecule has 11 heteroatoms. The molecule has 0 fully saturated rings. The predicted octanol–water partition coefficient (Wildman–Crippen LogP) is 4.63. The van der Waals surface area contributed by atoms with E-state index in [1.807, 2.05) is 0 Å². The van der Waals surface area contributed by atoms with Crippen LogP contribution in [0, 0.1) is 5.92 Å². The number of halogens is 4. The van der Waals surface area contributed by atoms with Crippen LogP contribution in [-0.4, -0.2) is 30.7 Å². The number of benzene rings is 2. The van der Waals surface area contributed by atoms with Crippen LogP contribution in [0.15, 0.2) is 36.4 Å². The Morgan fingerprint density at radius 3 is 1.80 bits per heavy atom. The number of carbonyl (C=O) groups is 4. The van der Waals surface area contributed by atoms with Gasteiger partial charge in [0, 0.05) is 17.8 Å². The molecule has 0 saturated carbocycles. The highest BCUT2D eigenvalue weighted by molar-refractivity contribution is 6.45. The second-order valence-corrected chi connectivity index (χ2v) is 7.53. The van der Waals surface area contributed by atoms with Crippen LogP contribution >= 0.6 is 46.4 Å². The number of methoxy groups -OCH3 is 1. The zero-order chi connectivity index (χ0) is 22.4. The Balaban J connectivity index is 2.11. The van der Waals surface area contributed by atoms with Crippen LogP contribution in [0.25, 0.3) is 0 Å². The highest BCUT2D eigenvalue weighted by atomic mass is 35.5. The molecule has 0 bridgehead atoms. The Bertz CT molecular complexity index is 1010. The van der Waals surface area contributed by atoms with Crippen molar-refractivity contribution in [2.75, 3.05) is 17.7 Å². The van der Waals surface area contributed by atoms with Crippen molar-refractivity contribution < 1.29 is 23.9 Å². The number of amides is 2. The Morgan fingerprint density at radius 1 is 0.833 bits per heavy atom. The van der Waals surface area contributed by atoms with Crippen molar-refractivity contribution in [1.29, 1.82) is 0 Å². The summed E-state index contributed by atoms with van der Waals surface area (Å²) in [7, 11) is 1.04. The third kappa shape index (κ3) is 6.34. The van der Waals surface area contributed by atoms with Gasteiger partial charge in [0.1, 0.15) is 5.92 Å². The molecule has 2 rings (SSSR count). The molecule has 7 nitrogen and oxygen atoms in total. The number of esters is 1. The van der Waals surface area contributed by atoms with E-state index in [4.69, 9.17) is 46.4 Å². The summed E-state index contributed by atoms with van der Waals surface area (Å²) in [6, 6.07) is 8.52. The first-order valence-electron chi connectivity index (χ1n) is 8.25. The van der Waals surface area contributed by atoms with Crippen LogP contribution in [0.3, 0.4) is 0 Å². The van der Waals surface area contributed by atoms with Crippen LogP contribution in [-0.2, 0) is 23.9 Å². The maximum atomic E-state index is 12.5. The Kier molecular flexibility index (Phi) is 8.49. The van der Waals surface area contributed by atoms with Crippen LogP contribution in [0.5, 0.6) is 0 Å². The molecule has 2 aromatic carbocycles. The van der Waals surface area contributed by atoms with E-state index in [9.17, 15) is 19.2 Å². The summed E-state index contributed by atoms with van der Waals surface area (Å²) in [6.45, 7) is 0. The summed E-state index contributed by atoms with van der Waals surface area (Å²) in [5.41, 5.74) is 0.484. The van der Waals surface area contributed by atoms with E-state index >= 15 is 0 Å². The number of hydrogen-bond donors (Lipinski definition) is 2. The lowest BCUT2D eigenvalue weighted by molar-refractivity contribution is -0.153. The number of ketones is 1. The summed E-state index contributed by atoms with van der Waals surface area (Å²) in [4.78, 5) is 49.1. The van der Waals surface area contributed by atoms with Gasteiger partial charge in [0.05, 0.1) is 27.2 Å². The van der Waals surface area contributed by atoms with Crippen molar-refractivity contribution in [3.8, 4) is 0 Å². The number of nitrogens with one attached hydrogen (secondary N) is 2. The van der Waals surface area contributed by atoms with Gasteiger partial charge in [-0.3, -0.25) is 19.2 Å². The molecular weight excluding hydrogens is 478 g/mol. The number of rotatable bonds is 7. The fourth-order valence-electron chi connectivity index (χ4n) is 2.32. The van der Waals surface area contributed by atoms with Crippen LogP contribution < -0.4 is 10.6 Å². The number of hydrogen-bond acceptors (Lipinski definition) is 5. The molecule has 158 valence electrons. The molecule has 0 spiro atoms. The predicted molar refractivity (Wildman–Crippen MR) is 115 cm³/mol. The first kappa shape index (κ1) is 24.0. The lowest BCUT2D eigenvalue weighted by atomic mass is 9.98. The maximum absolute atomic E-state index is 12.5. The average Bonchev–Trinajstić information content (AvgIpc) is 2.70. The molecule has 0 unspecified atom stereocenters. The summed E-state index contributed by atoms with van der Waals surface area (Å²) in [5, 5.41) is 5.68. The smallest absolute Gasteiger partial charge is 0.317 e. The molecule has 0 aliphatic heterocycles. The van der Waals surface area contributed by atoms with E-state index < -0.39 is 35.9 Å². The van der Waals surface area contributed by atoms with Crippen molar-refractivity contribution in [1.82, 2.24) is 0 Å². The zero-order valence-electron chi connectivity index (χ0n) is 15.3. The topological polar surface area (TPSA) is 102 Å². The van der Waals surface area contributed by atoms with E-state index in [-0.39, 0.29) is 25.8 Å². The fraction of sp³-hybridized carbons (Fsp3) is 0.158. The van der Waals surface area contributed by atoms with Gasteiger partial charge < -0.3 is 15.4 Å². The number of ether oxygens (including phenoxy) is 1. The third-order valence-electron chi connectivity index (χ3n) is 3.80. The Hall–Kier alpha value is -2.32. The number of carbonyl (C=O) groups excluding carboxylic acids is 4. The van der Waals surface area contributed by atoms with Gasteiger partial charge in [-0.2, -0.15) is 0 Å². The van der Waals surface area contributed by atoms with E-state index in [1.54, 1.807) is 0 Å². The van der Waals surface area contributed by atoms with Crippen LogP contribution in [0.2, 0.25) is 20.1 Å². The van der Waals surface area contributed by atoms with Gasteiger partial charge in [-0.15, -0.1) is 0 Å². The molecule has 0 aromatic heterocycles. The first-order valence-corrected chi connectivity index (χ1v) is 9.76. The minimum absolute atomic E-state index is 0.160. The SMILES string of the molecule is COC(=O)[C@H](CC(=O)Nc1ccc(Cl)c(Cl)c1)C(=O)C(=O)Nc1ccc(Cl)c(Cl)c1. The van der Waals surface area contributed by atoms with E-state index in [2.05, 4.69) is 15.4 Å². The normalized spacial score (nSPS) is 11.4. The van der Waals surface area contributed by atoms with Gasteiger partial charge in [0.2, 0.25) is 11.7 Å². The number of anilines is 2. The van der Waals surface area contributed by atoms with Crippen molar-refractivity contribution in [2.45, 2.75) is 6.42 Å². The standard InChI is InChI=1S/C19H14Cl4N2O5/c1-30-19(29)11(8-16(26)24-9-2-4-12(20)14(22)6-9)17(27)18(28)25-10-3-5-13(21)15(23)7-10/h2-7,11H,8H2,1H3,(H,24,26)(H,25,28)/t11-/m1/s1. The molecule has 2 aromatic rings. The second-order valence-electron chi connectivity index (χ2n) is 5.90. The molecule has 0 saturated heterocycles. The highest BCUT2D eigenvalue weighted by Crippen LogP contribution is 2.26. The maximum Gasteiger partial charge on any atom is 0.317 e. The summed E-state index contributed by atoms with van der Waals surface area (Å²) >= 11 is 23.4. The van der Waals surface area contributed by atoms with Crippen molar-refractivity contribution >= 4 is 81.3 Å². The molecule has 0 aliphatic carbocycles. The lowest BCUT2D eigenvalue weighted by Gasteiger charge is -2.14. The van der Waals surface area contributed by atoms with Gasteiger partial charge in [-0.25, -0.2) is 0 Å². The molecule has 30 heavy (non-hydrogen) atoms. The minimum atomic E-state index is -1.65. The van der Waals surface area contributed by atoms with Gasteiger partial charge >= 0.3 is 5.97 Å². The monoisotopic (exact) mass is 490 g/mol. The van der Waals surface area contributed by atoms with Crippen molar-refractivity contribution in [3.05, 3.63) is 56.5 Å². The van der Waals surface area contributed by atoms with Crippen molar-refractivity contribution in [2.24, 2.45) is 5.92 Å². The Morgan fingerprint density at radius 2 is 1.33 bits per heavy atom. The zero-order valence-corrected chi connectivity index (χ0v) is 18.3. The van der Waals surface area contributed by atoms with E-state index in [0.29, 0.717) is 5.69 Å². The largest absolute Gasteiger partial charge is 0.468 e. The van der Waals surface area contributed by atoms with Crippen LogP contribution in [0.4, 0.5) is 11.4 Å². The summed E-state index contributed by atoms with van der Waals surface area (Å²) in [5.74, 6) is -5.67. The molecule has 1 atom stereocenters. The van der Waals surface area contributed by atoms with Crippen molar-refractivity contribution in [3.63, 3.8) is 0 Å². The summed E-state index contributed by atoms with van der Waals surface area (Å²) in [6.07, 6.45) is -0.624. The lowest BCUT2D eigenvalue weighted by Crippen LogP contribution is -2.37. The third-order valence-corrected chi connectivity index (χ3v) is 5.27. The first-order chi connectivity index (χ1) is 14.1. The molecule has 2 N–H and O–H groups in total. The highest BCUT2D eigenvalue weighted by Gasteiger charge is 2.34. The number of Topliss-reactive ketones (excluding diaryl/α,β-unsaturated/α-hetero) is 1. The van der Waals surface area contributed by atoms with Gasteiger partial charge in [0.15, 0.2) is 0 Å². The molecule has 0 radical (unpaired) electrons. The molecule has 0 aliphatic rings. The average molecular weight is 492 g/mol. The van der Waals surface area contributed by atoms with Crippen LogP contribution in [0.1, 0.15) is 6.42 Å². The van der Waals surface area contributed by atoms with E-state index in [1.165, 1.54) is 36.4 Å². The molecule has 0 heterocycles. The van der Waals surface area contributed by atoms with Gasteiger partial charge in [-0.1, -0.05) is 46.4 Å². The fourth-order valence-corrected chi connectivity index (χ4v) is 2.92. The quantitative estimate of drug-likeness (QED) is 0.334. The Labute approximate surface area is 191 Å². The van der Waals surface area contributed by atoms with Gasteiger partial charge in [-0.05, 0) is 36.4 Å². The molecular formula is C19H14Cl4N2O5. The second kappa shape index (κ2) is 10.6.